The normalized spacial score (nSPS) is 11.3. The fraction of sp³-hybridized carbons (Fsp3) is 0.118. The van der Waals surface area contributed by atoms with Gasteiger partial charge in [-0.05, 0) is 31.2 Å². The minimum absolute atomic E-state index is 0.124. The van der Waals surface area contributed by atoms with E-state index >= 15 is 0 Å². The summed E-state index contributed by atoms with van der Waals surface area (Å²) in [4.78, 5) is 20.2. The van der Waals surface area contributed by atoms with Crippen molar-refractivity contribution >= 4 is 35.0 Å². The molecule has 0 atom stereocenters. The number of amides is 1. The summed E-state index contributed by atoms with van der Waals surface area (Å²) >= 11 is 1.000. The van der Waals surface area contributed by atoms with Crippen LogP contribution in [0.4, 0.5) is 20.4 Å². The van der Waals surface area contributed by atoms with E-state index in [9.17, 15) is 13.6 Å². The Morgan fingerprint density at radius 1 is 1.21 bits per heavy atom. The highest BCUT2D eigenvalue weighted by Gasteiger charge is 2.13. The number of benzene rings is 1. The fourth-order valence-corrected chi connectivity index (χ4v) is 2.65. The maximum atomic E-state index is 13.5. The average Bonchev–Trinajstić information content (AvgIpc) is 3.16. The smallest absolute Gasteiger partial charge is 0.240 e. The van der Waals surface area contributed by atoms with Gasteiger partial charge in [0.05, 0.1) is 17.2 Å². The van der Waals surface area contributed by atoms with Crippen LogP contribution in [0.25, 0.3) is 0 Å². The summed E-state index contributed by atoms with van der Waals surface area (Å²) in [5.74, 6) is -2.12. The molecule has 0 spiro atoms. The van der Waals surface area contributed by atoms with E-state index in [2.05, 4.69) is 36.0 Å². The summed E-state index contributed by atoms with van der Waals surface area (Å²) in [7, 11) is 0. The van der Waals surface area contributed by atoms with Gasteiger partial charge in [-0.15, -0.1) is 5.10 Å². The van der Waals surface area contributed by atoms with Crippen molar-refractivity contribution < 1.29 is 13.6 Å². The molecule has 3 aromatic rings. The molecule has 3 rings (SSSR count). The largest absolute Gasteiger partial charge is 0.320 e. The number of halogens is 2. The van der Waals surface area contributed by atoms with Crippen LogP contribution in [0.2, 0.25) is 0 Å². The molecular weight excluding hydrogens is 388 g/mol. The summed E-state index contributed by atoms with van der Waals surface area (Å²) in [6, 6.07) is 8.82. The van der Waals surface area contributed by atoms with Crippen LogP contribution in [0.15, 0.2) is 52.9 Å². The van der Waals surface area contributed by atoms with Gasteiger partial charge in [-0.2, -0.15) is 10.1 Å². The number of pyridine rings is 1. The lowest BCUT2D eigenvalue weighted by atomic mass is 10.3. The number of hydrogen-bond donors (Lipinski definition) is 3. The SMILES string of the molecule is C/C(=N\Nc1nc(SCC(=O)Nc2c(F)cccc2F)n[nH]1)c1ccccn1. The zero-order valence-electron chi connectivity index (χ0n) is 14.6. The molecule has 0 aliphatic heterocycles. The van der Waals surface area contributed by atoms with Gasteiger partial charge in [0, 0.05) is 6.20 Å². The lowest BCUT2D eigenvalue weighted by Gasteiger charge is -2.06. The van der Waals surface area contributed by atoms with E-state index in [1.54, 1.807) is 19.2 Å². The molecule has 0 saturated carbocycles. The van der Waals surface area contributed by atoms with Gasteiger partial charge < -0.3 is 5.32 Å². The van der Waals surface area contributed by atoms with E-state index in [0.717, 1.165) is 23.9 Å². The summed E-state index contributed by atoms with van der Waals surface area (Å²) in [5, 5.41) is 13.2. The van der Waals surface area contributed by atoms with Crippen LogP contribution in [-0.4, -0.2) is 37.5 Å². The van der Waals surface area contributed by atoms with E-state index < -0.39 is 23.2 Å². The number of anilines is 2. The molecular formula is C17H15F2N7OS. The van der Waals surface area contributed by atoms with Crippen LogP contribution in [-0.2, 0) is 4.79 Å². The lowest BCUT2D eigenvalue weighted by Crippen LogP contribution is -2.16. The Morgan fingerprint density at radius 2 is 2.00 bits per heavy atom. The van der Waals surface area contributed by atoms with Gasteiger partial charge in [0.15, 0.2) is 0 Å². The molecule has 144 valence electrons. The Labute approximate surface area is 162 Å². The predicted octanol–water partition coefficient (Wildman–Crippen LogP) is 3.04. The highest BCUT2D eigenvalue weighted by atomic mass is 32.2. The van der Waals surface area contributed by atoms with E-state index in [1.165, 1.54) is 6.07 Å². The number of nitrogens with one attached hydrogen (secondary N) is 3. The molecule has 3 N–H and O–H groups in total. The minimum atomic E-state index is -0.844. The highest BCUT2D eigenvalue weighted by molar-refractivity contribution is 7.99. The molecule has 1 aromatic carbocycles. The Balaban J connectivity index is 1.53. The second kappa shape index (κ2) is 9.04. The molecule has 2 aromatic heterocycles. The van der Waals surface area contributed by atoms with Crippen molar-refractivity contribution in [1.29, 1.82) is 0 Å². The molecule has 11 heteroatoms. The number of nitrogens with zero attached hydrogens (tertiary/aromatic N) is 4. The summed E-state index contributed by atoms with van der Waals surface area (Å²) in [6.45, 7) is 1.79. The van der Waals surface area contributed by atoms with Crippen molar-refractivity contribution in [2.75, 3.05) is 16.5 Å². The molecule has 2 heterocycles. The first-order valence-corrected chi connectivity index (χ1v) is 9.02. The van der Waals surface area contributed by atoms with Gasteiger partial charge in [-0.25, -0.2) is 19.3 Å². The zero-order valence-corrected chi connectivity index (χ0v) is 15.4. The van der Waals surface area contributed by atoms with E-state index in [4.69, 9.17) is 0 Å². The number of H-pyrrole nitrogens is 1. The van der Waals surface area contributed by atoms with E-state index in [-0.39, 0.29) is 16.9 Å². The summed E-state index contributed by atoms with van der Waals surface area (Å²) in [6.07, 6.45) is 1.66. The van der Waals surface area contributed by atoms with Crippen molar-refractivity contribution in [3.05, 3.63) is 59.9 Å². The maximum Gasteiger partial charge on any atom is 0.240 e. The van der Waals surface area contributed by atoms with Crippen molar-refractivity contribution in [2.24, 2.45) is 5.10 Å². The van der Waals surface area contributed by atoms with Crippen LogP contribution in [0.5, 0.6) is 0 Å². The van der Waals surface area contributed by atoms with Crippen molar-refractivity contribution in [1.82, 2.24) is 20.2 Å². The molecule has 8 nitrogen and oxygen atoms in total. The zero-order chi connectivity index (χ0) is 19.9. The third-order valence-electron chi connectivity index (χ3n) is 3.39. The Morgan fingerprint density at radius 3 is 2.71 bits per heavy atom. The molecule has 28 heavy (non-hydrogen) atoms. The number of hydrazone groups is 1. The predicted molar refractivity (Wildman–Crippen MR) is 102 cm³/mol. The van der Waals surface area contributed by atoms with E-state index in [0.29, 0.717) is 11.4 Å². The van der Waals surface area contributed by atoms with Gasteiger partial charge in [-0.3, -0.25) is 9.78 Å². The standard InChI is InChI=1S/C17H15F2N7OS/c1-10(13-7-2-3-8-20-13)23-24-16-22-17(26-25-16)28-9-14(27)21-15-11(18)5-4-6-12(15)19/h2-8H,9H2,1H3,(H,21,27)(H2,22,24,25,26)/b23-10+. The van der Waals surface area contributed by atoms with Crippen molar-refractivity contribution in [3.63, 3.8) is 0 Å². The number of carbonyl (C=O) groups is 1. The highest BCUT2D eigenvalue weighted by Crippen LogP contribution is 2.19. The topological polar surface area (TPSA) is 108 Å². The third kappa shape index (κ3) is 5.10. The Bertz CT molecular complexity index is 974. The van der Waals surface area contributed by atoms with Gasteiger partial charge in [0.2, 0.25) is 17.0 Å². The third-order valence-corrected chi connectivity index (χ3v) is 4.24. The lowest BCUT2D eigenvalue weighted by molar-refractivity contribution is -0.113. The fourth-order valence-electron chi connectivity index (χ4n) is 2.05. The Hall–Kier alpha value is -3.34. The summed E-state index contributed by atoms with van der Waals surface area (Å²) in [5.41, 5.74) is 3.59. The van der Waals surface area contributed by atoms with Gasteiger partial charge in [-0.1, -0.05) is 23.9 Å². The summed E-state index contributed by atoms with van der Waals surface area (Å²) < 4.78 is 27.1. The maximum absolute atomic E-state index is 13.5. The number of thioether (sulfide) groups is 1. The van der Waals surface area contributed by atoms with Crippen LogP contribution in [0.3, 0.4) is 0 Å². The molecule has 0 radical (unpaired) electrons. The van der Waals surface area contributed by atoms with Crippen LogP contribution in [0.1, 0.15) is 12.6 Å². The van der Waals surface area contributed by atoms with Crippen molar-refractivity contribution in [3.8, 4) is 0 Å². The average molecular weight is 403 g/mol. The van der Waals surface area contributed by atoms with Gasteiger partial charge >= 0.3 is 0 Å². The number of carbonyl (C=O) groups excluding carboxylic acids is 1. The van der Waals surface area contributed by atoms with Gasteiger partial charge in [0.25, 0.3) is 0 Å². The first-order valence-electron chi connectivity index (χ1n) is 8.03. The van der Waals surface area contributed by atoms with E-state index in [1.807, 2.05) is 12.1 Å². The number of para-hydroxylation sites is 1. The second-order valence-electron chi connectivity index (χ2n) is 5.42. The quantitative estimate of drug-likeness (QED) is 0.318. The number of aromatic nitrogens is 4. The molecule has 0 fully saturated rings. The van der Waals surface area contributed by atoms with Crippen LogP contribution < -0.4 is 10.7 Å². The molecule has 0 bridgehead atoms. The van der Waals surface area contributed by atoms with Crippen molar-refractivity contribution in [2.45, 2.75) is 12.1 Å². The molecule has 1 amide bonds. The first kappa shape index (κ1) is 19.4. The van der Waals surface area contributed by atoms with Gasteiger partial charge in [0.1, 0.15) is 17.3 Å². The number of aromatic amines is 1. The molecule has 0 aliphatic carbocycles. The molecule has 0 saturated heterocycles. The minimum Gasteiger partial charge on any atom is -0.320 e. The monoisotopic (exact) mass is 403 g/mol. The second-order valence-corrected chi connectivity index (χ2v) is 6.37. The number of rotatable bonds is 7. The van der Waals surface area contributed by atoms with Crippen LogP contribution in [0, 0.1) is 11.6 Å². The molecule has 0 aliphatic rings. The Kier molecular flexibility index (Phi) is 6.27. The number of hydrogen-bond acceptors (Lipinski definition) is 7. The first-order chi connectivity index (χ1) is 13.5. The molecule has 0 unspecified atom stereocenters. The van der Waals surface area contributed by atoms with Crippen LogP contribution >= 0.6 is 11.8 Å².